The lowest BCUT2D eigenvalue weighted by Gasteiger charge is -2.17. The van der Waals surface area contributed by atoms with Gasteiger partial charge in [0.15, 0.2) is 5.82 Å². The number of nitrogens with one attached hydrogen (secondary N) is 2. The van der Waals surface area contributed by atoms with Gasteiger partial charge in [-0.3, -0.25) is 0 Å². The van der Waals surface area contributed by atoms with E-state index in [4.69, 9.17) is 0 Å². The molecular formula is C18H25N5O2S. The maximum atomic E-state index is 12.5. The first-order valence-corrected chi connectivity index (χ1v) is 10.3. The second-order valence-electron chi connectivity index (χ2n) is 6.59. The highest BCUT2D eigenvalue weighted by atomic mass is 32.2. The molecule has 0 amide bonds. The molecule has 2 aromatic rings. The van der Waals surface area contributed by atoms with Crippen LogP contribution in [0.3, 0.4) is 0 Å². The van der Waals surface area contributed by atoms with E-state index in [1.54, 1.807) is 19.2 Å². The summed E-state index contributed by atoms with van der Waals surface area (Å²) in [6.45, 7) is 6.47. The van der Waals surface area contributed by atoms with Crippen LogP contribution in [0.2, 0.25) is 0 Å². The number of benzene rings is 1. The van der Waals surface area contributed by atoms with E-state index >= 15 is 0 Å². The minimum atomic E-state index is -3.52. The van der Waals surface area contributed by atoms with E-state index < -0.39 is 10.0 Å². The number of rotatable bonds is 7. The zero-order valence-corrected chi connectivity index (χ0v) is 16.0. The third-order valence-corrected chi connectivity index (χ3v) is 6.07. The Labute approximate surface area is 154 Å². The Bertz CT molecular complexity index is 864. The normalized spacial score (nSPS) is 14.6. The van der Waals surface area contributed by atoms with Crippen LogP contribution in [0, 0.1) is 13.8 Å². The lowest BCUT2D eigenvalue weighted by atomic mass is 10.2. The van der Waals surface area contributed by atoms with Gasteiger partial charge in [-0.15, -0.1) is 5.10 Å². The van der Waals surface area contributed by atoms with E-state index in [1.165, 1.54) is 12.8 Å². The number of aromatic nitrogens is 2. The van der Waals surface area contributed by atoms with Crippen molar-refractivity contribution in [2.24, 2.45) is 0 Å². The summed E-state index contributed by atoms with van der Waals surface area (Å²) in [5.74, 6) is 0.653. The predicted molar refractivity (Wildman–Crippen MR) is 103 cm³/mol. The van der Waals surface area contributed by atoms with Gasteiger partial charge < -0.3 is 10.2 Å². The Kier molecular flexibility index (Phi) is 5.73. The van der Waals surface area contributed by atoms with Gasteiger partial charge in [-0.25, -0.2) is 13.1 Å². The molecule has 1 aromatic carbocycles. The molecule has 0 saturated carbocycles. The van der Waals surface area contributed by atoms with Gasteiger partial charge in [0.2, 0.25) is 10.0 Å². The first-order chi connectivity index (χ1) is 12.5. The smallest absolute Gasteiger partial charge is 0.240 e. The number of hydrogen-bond acceptors (Lipinski definition) is 6. The fraction of sp³-hybridized carbons (Fsp3) is 0.444. The molecule has 8 heteroatoms. The van der Waals surface area contributed by atoms with Crippen LogP contribution < -0.4 is 14.9 Å². The second-order valence-corrected chi connectivity index (χ2v) is 8.32. The summed E-state index contributed by atoms with van der Waals surface area (Å²) in [7, 11) is -3.52. The molecule has 7 nitrogen and oxygen atoms in total. The van der Waals surface area contributed by atoms with Crippen LogP contribution in [-0.2, 0) is 10.0 Å². The summed E-state index contributed by atoms with van der Waals surface area (Å²) in [5, 5.41) is 11.2. The maximum absolute atomic E-state index is 12.5. The van der Waals surface area contributed by atoms with Gasteiger partial charge in [0.1, 0.15) is 0 Å². The van der Waals surface area contributed by atoms with Crippen molar-refractivity contribution in [3.05, 3.63) is 41.6 Å². The molecule has 0 spiro atoms. The molecule has 0 radical (unpaired) electrons. The lowest BCUT2D eigenvalue weighted by Crippen LogP contribution is -2.29. The number of nitrogens with zero attached hydrogens (tertiary/aromatic N) is 3. The van der Waals surface area contributed by atoms with Crippen LogP contribution in [0.15, 0.2) is 35.4 Å². The summed E-state index contributed by atoms with van der Waals surface area (Å²) < 4.78 is 27.6. The van der Waals surface area contributed by atoms with Crippen LogP contribution in [-0.4, -0.2) is 44.8 Å². The molecule has 0 bridgehead atoms. The Hall–Kier alpha value is -2.19. The molecule has 1 saturated heterocycles. The minimum absolute atomic E-state index is 0.269. The Morgan fingerprint density at radius 3 is 2.65 bits per heavy atom. The van der Waals surface area contributed by atoms with E-state index in [0.29, 0.717) is 17.3 Å². The molecule has 2 heterocycles. The van der Waals surface area contributed by atoms with E-state index in [9.17, 15) is 8.42 Å². The first kappa shape index (κ1) is 18.6. The molecule has 2 N–H and O–H groups in total. The van der Waals surface area contributed by atoms with E-state index in [0.717, 1.165) is 29.9 Å². The van der Waals surface area contributed by atoms with Crippen LogP contribution in [0.1, 0.15) is 24.0 Å². The molecule has 26 heavy (non-hydrogen) atoms. The third kappa shape index (κ3) is 4.50. The van der Waals surface area contributed by atoms with E-state index in [-0.39, 0.29) is 6.54 Å². The number of hydrogen-bond donors (Lipinski definition) is 2. The van der Waals surface area contributed by atoms with Gasteiger partial charge in [0.05, 0.1) is 16.8 Å². The average Bonchev–Trinajstić information content (AvgIpc) is 3.16. The lowest BCUT2D eigenvalue weighted by molar-refractivity contribution is 0.582. The van der Waals surface area contributed by atoms with Gasteiger partial charge in [-0.05, 0) is 43.9 Å². The molecular weight excluding hydrogens is 350 g/mol. The highest BCUT2D eigenvalue weighted by Gasteiger charge is 2.16. The fourth-order valence-corrected chi connectivity index (χ4v) is 4.40. The highest BCUT2D eigenvalue weighted by Crippen LogP contribution is 2.20. The van der Waals surface area contributed by atoms with Crippen molar-refractivity contribution < 1.29 is 8.42 Å². The van der Waals surface area contributed by atoms with E-state index in [1.807, 2.05) is 25.1 Å². The van der Waals surface area contributed by atoms with Crippen molar-refractivity contribution in [1.82, 2.24) is 14.9 Å². The van der Waals surface area contributed by atoms with Gasteiger partial charge in [-0.2, -0.15) is 5.10 Å². The van der Waals surface area contributed by atoms with Crippen LogP contribution >= 0.6 is 0 Å². The molecule has 1 aliphatic heterocycles. The summed E-state index contributed by atoms with van der Waals surface area (Å²) in [6.07, 6.45) is 4.16. The maximum Gasteiger partial charge on any atom is 0.240 e. The van der Waals surface area contributed by atoms with E-state index in [2.05, 4.69) is 25.1 Å². The molecule has 0 aliphatic carbocycles. The Morgan fingerprint density at radius 2 is 1.88 bits per heavy atom. The van der Waals surface area contributed by atoms with Crippen molar-refractivity contribution in [2.75, 3.05) is 36.4 Å². The standard InChI is InChI=1S/C18H25N5O2S/c1-14-5-6-15(2)17(11-14)26(24,25)21-8-7-19-18-12-16(13-20-22-18)23-9-3-4-10-23/h5-6,11-13,21H,3-4,7-10H2,1-2H3,(H,19,22). The average molecular weight is 375 g/mol. The Balaban J connectivity index is 1.55. The largest absolute Gasteiger partial charge is 0.370 e. The van der Waals surface area contributed by atoms with Gasteiger partial charge >= 0.3 is 0 Å². The fourth-order valence-electron chi connectivity index (χ4n) is 3.04. The number of anilines is 2. The SMILES string of the molecule is Cc1ccc(C)c(S(=O)(=O)NCCNc2cc(N3CCCC3)cnn2)c1. The monoisotopic (exact) mass is 375 g/mol. The van der Waals surface area contributed by atoms with Gasteiger partial charge in [0, 0.05) is 32.2 Å². The molecule has 1 aliphatic rings. The Morgan fingerprint density at radius 1 is 1.12 bits per heavy atom. The highest BCUT2D eigenvalue weighted by molar-refractivity contribution is 7.89. The molecule has 3 rings (SSSR count). The minimum Gasteiger partial charge on any atom is -0.370 e. The van der Waals surface area contributed by atoms with Crippen LogP contribution in [0.5, 0.6) is 0 Å². The van der Waals surface area contributed by atoms with Crippen molar-refractivity contribution >= 4 is 21.5 Å². The van der Waals surface area contributed by atoms with Gasteiger partial charge in [-0.1, -0.05) is 12.1 Å². The van der Waals surface area contributed by atoms with Crippen molar-refractivity contribution in [3.63, 3.8) is 0 Å². The summed E-state index contributed by atoms with van der Waals surface area (Å²) >= 11 is 0. The van der Waals surface area contributed by atoms with Crippen molar-refractivity contribution in [1.29, 1.82) is 0 Å². The topological polar surface area (TPSA) is 87.2 Å². The molecule has 0 unspecified atom stereocenters. The van der Waals surface area contributed by atoms with Crippen LogP contribution in [0.25, 0.3) is 0 Å². The summed E-state index contributed by atoms with van der Waals surface area (Å²) in [4.78, 5) is 2.61. The predicted octanol–water partition coefficient (Wildman–Crippen LogP) is 2.08. The first-order valence-electron chi connectivity index (χ1n) is 8.84. The molecule has 1 aromatic heterocycles. The molecule has 1 fully saturated rings. The zero-order chi connectivity index (χ0) is 18.6. The molecule has 140 valence electrons. The van der Waals surface area contributed by atoms with Crippen molar-refractivity contribution in [3.8, 4) is 0 Å². The van der Waals surface area contributed by atoms with Crippen LogP contribution in [0.4, 0.5) is 11.5 Å². The van der Waals surface area contributed by atoms with Gasteiger partial charge in [0.25, 0.3) is 0 Å². The summed E-state index contributed by atoms with van der Waals surface area (Å²) in [5.41, 5.74) is 2.71. The summed E-state index contributed by atoms with van der Waals surface area (Å²) in [6, 6.07) is 7.37. The quantitative estimate of drug-likeness (QED) is 0.721. The second kappa shape index (κ2) is 8.01. The zero-order valence-electron chi connectivity index (χ0n) is 15.2. The number of aryl methyl sites for hydroxylation is 2. The number of sulfonamides is 1. The van der Waals surface area contributed by atoms with Crippen molar-refractivity contribution in [2.45, 2.75) is 31.6 Å². The third-order valence-electron chi connectivity index (χ3n) is 4.47. The molecule has 0 atom stereocenters.